The summed E-state index contributed by atoms with van der Waals surface area (Å²) in [5, 5.41) is 14.4. The number of carbonyl (C=O) groups is 3. The van der Waals surface area contributed by atoms with Gasteiger partial charge in [-0.2, -0.15) is 0 Å². The van der Waals surface area contributed by atoms with Crippen LogP contribution in [0, 0.1) is 5.92 Å². The number of hydrogen-bond acceptors (Lipinski definition) is 5. The smallest absolute Gasteiger partial charge is 0.407 e. The Morgan fingerprint density at radius 3 is 2.32 bits per heavy atom. The number of ether oxygens (including phenoxy) is 1. The number of aromatic nitrogens is 1. The normalized spacial score (nSPS) is 12.9. The standard InChI is InChI=1S/C26H25N3O5/c1-16(10-24(30)29-18-11-17(25(31)32)13-27-14-18)12-28-26(33)34-15-23-21-8-4-2-6-19(21)20-7-3-5-9-22(20)23/h2-9,11,13-14,16,23H,10,12,15H2,1H3,(H,28,33)(H,29,30)(H,31,32). The molecule has 0 saturated heterocycles. The van der Waals surface area contributed by atoms with E-state index in [0.717, 1.165) is 22.3 Å². The van der Waals surface area contributed by atoms with Gasteiger partial charge in [0, 0.05) is 25.1 Å². The van der Waals surface area contributed by atoms with Crippen molar-refractivity contribution in [3.63, 3.8) is 0 Å². The number of carboxylic acid groups (broad SMARTS) is 1. The Kier molecular flexibility index (Phi) is 6.87. The van der Waals surface area contributed by atoms with E-state index in [-0.39, 0.29) is 42.9 Å². The second-order valence-corrected chi connectivity index (χ2v) is 8.33. The first-order valence-electron chi connectivity index (χ1n) is 11.0. The summed E-state index contributed by atoms with van der Waals surface area (Å²) >= 11 is 0. The third kappa shape index (κ3) is 5.23. The largest absolute Gasteiger partial charge is 0.478 e. The van der Waals surface area contributed by atoms with E-state index in [1.165, 1.54) is 18.5 Å². The minimum Gasteiger partial charge on any atom is -0.478 e. The lowest BCUT2D eigenvalue weighted by Gasteiger charge is -2.16. The SMILES string of the molecule is CC(CNC(=O)OCC1c2ccccc2-c2ccccc21)CC(=O)Nc1cncc(C(=O)O)c1. The fourth-order valence-corrected chi connectivity index (χ4v) is 4.13. The van der Waals surface area contributed by atoms with Crippen LogP contribution in [0.5, 0.6) is 0 Å². The maximum absolute atomic E-state index is 12.3. The van der Waals surface area contributed by atoms with Gasteiger partial charge in [-0.15, -0.1) is 0 Å². The second-order valence-electron chi connectivity index (χ2n) is 8.33. The van der Waals surface area contributed by atoms with Crippen LogP contribution >= 0.6 is 0 Å². The molecule has 174 valence electrons. The van der Waals surface area contributed by atoms with E-state index in [1.807, 2.05) is 31.2 Å². The lowest BCUT2D eigenvalue weighted by molar-refractivity contribution is -0.116. The predicted octanol–water partition coefficient (Wildman–Crippen LogP) is 4.28. The number of nitrogens with one attached hydrogen (secondary N) is 2. The Morgan fingerprint density at radius 1 is 1.03 bits per heavy atom. The quantitative estimate of drug-likeness (QED) is 0.463. The summed E-state index contributed by atoms with van der Waals surface area (Å²) in [7, 11) is 0. The zero-order chi connectivity index (χ0) is 24.1. The Labute approximate surface area is 197 Å². The molecule has 3 N–H and O–H groups in total. The number of benzene rings is 2. The molecule has 3 aromatic rings. The number of anilines is 1. The molecule has 1 atom stereocenters. The molecule has 0 saturated carbocycles. The van der Waals surface area contributed by atoms with E-state index >= 15 is 0 Å². The number of amides is 2. The molecule has 0 aliphatic heterocycles. The van der Waals surface area contributed by atoms with Gasteiger partial charge in [-0.25, -0.2) is 9.59 Å². The Bertz CT molecular complexity index is 1180. The molecule has 0 bridgehead atoms. The van der Waals surface area contributed by atoms with Gasteiger partial charge in [0.2, 0.25) is 5.91 Å². The van der Waals surface area contributed by atoms with Crippen LogP contribution in [0.15, 0.2) is 67.0 Å². The van der Waals surface area contributed by atoms with Gasteiger partial charge in [0.25, 0.3) is 0 Å². The molecule has 1 aliphatic rings. The third-order valence-corrected chi connectivity index (χ3v) is 5.74. The number of fused-ring (bicyclic) bond motifs is 3. The average molecular weight is 460 g/mol. The van der Waals surface area contributed by atoms with Crippen LogP contribution in [-0.4, -0.2) is 41.2 Å². The highest BCUT2D eigenvalue weighted by Crippen LogP contribution is 2.44. The maximum atomic E-state index is 12.3. The van der Waals surface area contributed by atoms with E-state index in [9.17, 15) is 14.4 Å². The van der Waals surface area contributed by atoms with Crippen molar-refractivity contribution in [1.29, 1.82) is 0 Å². The molecule has 1 heterocycles. The molecule has 4 rings (SSSR count). The summed E-state index contributed by atoms with van der Waals surface area (Å²) in [4.78, 5) is 39.4. The number of rotatable bonds is 8. The molecule has 1 aliphatic carbocycles. The van der Waals surface area contributed by atoms with Gasteiger partial charge in [0.1, 0.15) is 6.61 Å². The molecule has 34 heavy (non-hydrogen) atoms. The van der Waals surface area contributed by atoms with E-state index < -0.39 is 12.1 Å². The van der Waals surface area contributed by atoms with Gasteiger partial charge >= 0.3 is 12.1 Å². The van der Waals surface area contributed by atoms with E-state index in [0.29, 0.717) is 5.69 Å². The Hall–Kier alpha value is -4.20. The summed E-state index contributed by atoms with van der Waals surface area (Å²) in [6.45, 7) is 2.31. The zero-order valence-corrected chi connectivity index (χ0v) is 18.7. The predicted molar refractivity (Wildman–Crippen MR) is 127 cm³/mol. The fourth-order valence-electron chi connectivity index (χ4n) is 4.13. The number of hydrogen-bond donors (Lipinski definition) is 3. The Morgan fingerprint density at radius 2 is 1.68 bits per heavy atom. The van der Waals surface area contributed by atoms with Gasteiger partial charge in [0.15, 0.2) is 0 Å². The number of nitrogens with zero attached hydrogens (tertiary/aromatic N) is 1. The van der Waals surface area contributed by atoms with Gasteiger partial charge in [0.05, 0.1) is 17.4 Å². The molecular formula is C26H25N3O5. The molecule has 1 unspecified atom stereocenters. The summed E-state index contributed by atoms with van der Waals surface area (Å²) in [5.74, 6) is -1.59. The lowest BCUT2D eigenvalue weighted by atomic mass is 9.98. The summed E-state index contributed by atoms with van der Waals surface area (Å²) in [5.41, 5.74) is 4.90. The molecule has 2 amide bonds. The fraction of sp³-hybridized carbons (Fsp3) is 0.231. The monoisotopic (exact) mass is 459 g/mol. The Balaban J connectivity index is 1.25. The first kappa shape index (κ1) is 23.0. The third-order valence-electron chi connectivity index (χ3n) is 5.74. The highest BCUT2D eigenvalue weighted by Gasteiger charge is 2.29. The lowest BCUT2D eigenvalue weighted by Crippen LogP contribution is -2.31. The van der Waals surface area contributed by atoms with E-state index in [4.69, 9.17) is 9.84 Å². The summed E-state index contributed by atoms with van der Waals surface area (Å²) in [6.07, 6.45) is 2.19. The van der Waals surface area contributed by atoms with Crippen molar-refractivity contribution in [1.82, 2.24) is 10.3 Å². The molecule has 2 aromatic carbocycles. The summed E-state index contributed by atoms with van der Waals surface area (Å²) < 4.78 is 5.51. The van der Waals surface area contributed by atoms with Crippen LogP contribution in [0.1, 0.15) is 40.7 Å². The molecule has 0 spiro atoms. The number of aromatic carboxylic acids is 1. The molecule has 8 nitrogen and oxygen atoms in total. The summed E-state index contributed by atoms with van der Waals surface area (Å²) in [6, 6.07) is 17.6. The van der Waals surface area contributed by atoms with Gasteiger partial charge < -0.3 is 20.5 Å². The number of carboxylic acids is 1. The molecule has 1 aromatic heterocycles. The van der Waals surface area contributed by atoms with Crippen LogP contribution in [0.4, 0.5) is 10.5 Å². The first-order chi connectivity index (χ1) is 16.4. The zero-order valence-electron chi connectivity index (χ0n) is 18.7. The van der Waals surface area contributed by atoms with Crippen molar-refractivity contribution in [3.05, 3.63) is 83.7 Å². The van der Waals surface area contributed by atoms with Crippen LogP contribution < -0.4 is 10.6 Å². The molecule has 0 fully saturated rings. The van der Waals surface area contributed by atoms with Crippen LogP contribution in [0.3, 0.4) is 0 Å². The van der Waals surface area contributed by atoms with Crippen molar-refractivity contribution in [3.8, 4) is 11.1 Å². The minimum absolute atomic E-state index is 0.0113. The second kappa shape index (κ2) is 10.2. The van der Waals surface area contributed by atoms with Crippen LogP contribution in [0.25, 0.3) is 11.1 Å². The van der Waals surface area contributed by atoms with Gasteiger partial charge in [-0.05, 0) is 34.2 Å². The van der Waals surface area contributed by atoms with Gasteiger partial charge in [-0.3, -0.25) is 9.78 Å². The van der Waals surface area contributed by atoms with Gasteiger partial charge in [-0.1, -0.05) is 55.5 Å². The van der Waals surface area contributed by atoms with Crippen molar-refractivity contribution >= 4 is 23.7 Å². The van der Waals surface area contributed by atoms with Crippen LogP contribution in [-0.2, 0) is 9.53 Å². The highest BCUT2D eigenvalue weighted by atomic mass is 16.5. The van der Waals surface area contributed by atoms with Crippen molar-refractivity contribution in [2.75, 3.05) is 18.5 Å². The molecule has 8 heteroatoms. The first-order valence-corrected chi connectivity index (χ1v) is 11.0. The van der Waals surface area contributed by atoms with Crippen molar-refractivity contribution < 1.29 is 24.2 Å². The van der Waals surface area contributed by atoms with E-state index in [1.54, 1.807) is 0 Å². The highest BCUT2D eigenvalue weighted by molar-refractivity contribution is 5.93. The van der Waals surface area contributed by atoms with E-state index in [2.05, 4.69) is 39.9 Å². The van der Waals surface area contributed by atoms with Crippen molar-refractivity contribution in [2.45, 2.75) is 19.3 Å². The number of pyridine rings is 1. The minimum atomic E-state index is -1.12. The molecular weight excluding hydrogens is 434 g/mol. The average Bonchev–Trinajstić information content (AvgIpc) is 3.15. The number of carbonyl (C=O) groups excluding carboxylic acids is 2. The van der Waals surface area contributed by atoms with Crippen LogP contribution in [0.2, 0.25) is 0 Å². The molecule has 0 radical (unpaired) electrons. The maximum Gasteiger partial charge on any atom is 0.407 e. The topological polar surface area (TPSA) is 118 Å². The number of alkyl carbamates (subject to hydrolysis) is 1. The van der Waals surface area contributed by atoms with Crippen molar-refractivity contribution in [2.24, 2.45) is 5.92 Å².